The van der Waals surface area contributed by atoms with E-state index in [-0.39, 0.29) is 27.8 Å². The van der Waals surface area contributed by atoms with Gasteiger partial charge in [0.05, 0.1) is 0 Å². The lowest BCUT2D eigenvalue weighted by molar-refractivity contribution is -0.187. The topological polar surface area (TPSA) is 152 Å². The van der Waals surface area contributed by atoms with Crippen LogP contribution in [0.1, 0.15) is 79.8 Å². The van der Waals surface area contributed by atoms with E-state index in [2.05, 4.69) is 23.1 Å². The number of nitrogens with zero attached hydrogens (tertiary/aromatic N) is 1. The Balaban J connectivity index is 0.000000196. The monoisotopic (exact) mass is 813 g/mol. The molecule has 0 aromatic heterocycles. The first-order valence-electron chi connectivity index (χ1n) is 18.7. The highest BCUT2D eigenvalue weighted by Crippen LogP contribution is 2.43. The average Bonchev–Trinajstić information content (AvgIpc) is 4.03. The standard InChI is InChI=1S/C25H24F3NS.C20H18O8/c26-25(27,28)30-21-10-9-19-8-7-18-3-1-2-4-22(18)24(23(19)15-21)20-11-13-29(14-12-20)16-17-5-6-17;1-11-3-7-13(8-4-11)15(21)19(27,17(23)24)20(28,18(25)26)16(22)14-9-5-12(2)6-10-14/h1-4,7-10,15,17H,5-6,11-14,16H2;3-10,27-28H,1-2H3,(H,23,24)(H,25,26)/t;19-,20-/m.1/s1. The number of thioether (sulfide) groups is 1. The van der Waals surface area contributed by atoms with Gasteiger partial charge in [0, 0.05) is 35.7 Å². The van der Waals surface area contributed by atoms with Crippen LogP contribution < -0.4 is 0 Å². The van der Waals surface area contributed by atoms with Crippen molar-refractivity contribution in [3.8, 4) is 0 Å². The van der Waals surface area contributed by atoms with Gasteiger partial charge in [-0.3, -0.25) is 9.59 Å². The van der Waals surface area contributed by atoms with Crippen molar-refractivity contribution in [1.82, 2.24) is 4.90 Å². The number of carboxylic acids is 2. The van der Waals surface area contributed by atoms with Crippen LogP contribution in [0.25, 0.3) is 17.7 Å². The SMILES string of the molecule is Cc1ccc(C(=O)[C@@](O)(C(=O)O)[C@](O)(C(=O)O)C(=O)c2ccc(C)cc2)cc1.FC(F)(F)Sc1ccc2c(c1)C(=C1CCN(CC3CC3)CC1)c1ccccc1C=C2. The Hall–Kier alpha value is -5.34. The highest BCUT2D eigenvalue weighted by Gasteiger charge is 2.70. The summed E-state index contributed by atoms with van der Waals surface area (Å²) >= 11 is -0.0304. The summed E-state index contributed by atoms with van der Waals surface area (Å²) in [5.74, 6) is -7.13. The molecule has 13 heteroatoms. The summed E-state index contributed by atoms with van der Waals surface area (Å²) in [5, 5.41) is 40.3. The second kappa shape index (κ2) is 16.9. The summed E-state index contributed by atoms with van der Waals surface area (Å²) in [7, 11) is 0. The van der Waals surface area contributed by atoms with Crippen LogP contribution in [0.3, 0.4) is 0 Å². The molecule has 9 nitrogen and oxygen atoms in total. The van der Waals surface area contributed by atoms with Gasteiger partial charge in [-0.25, -0.2) is 9.59 Å². The van der Waals surface area contributed by atoms with Gasteiger partial charge in [0.15, 0.2) is 0 Å². The van der Waals surface area contributed by atoms with Crippen molar-refractivity contribution in [3.63, 3.8) is 0 Å². The zero-order valence-electron chi connectivity index (χ0n) is 31.8. The van der Waals surface area contributed by atoms with Crippen molar-refractivity contribution < 1.29 is 52.8 Å². The number of benzene rings is 4. The maximum atomic E-state index is 13.0. The highest BCUT2D eigenvalue weighted by atomic mass is 32.2. The van der Waals surface area contributed by atoms with E-state index in [1.807, 2.05) is 24.3 Å². The summed E-state index contributed by atoms with van der Waals surface area (Å²) < 4.78 is 39.1. The van der Waals surface area contributed by atoms with Gasteiger partial charge < -0.3 is 25.3 Å². The minimum Gasteiger partial charge on any atom is -0.479 e. The van der Waals surface area contributed by atoms with Crippen LogP contribution in [0.5, 0.6) is 0 Å². The molecule has 3 aliphatic rings. The number of hydrogen-bond acceptors (Lipinski definition) is 8. The molecular weight excluding hydrogens is 772 g/mol. The molecule has 0 amide bonds. The number of aliphatic carboxylic acids is 2. The number of rotatable bonds is 10. The zero-order valence-corrected chi connectivity index (χ0v) is 32.6. The number of Topliss-reactive ketones (excluding diaryl/α,β-unsaturated/α-hetero) is 2. The molecule has 1 saturated carbocycles. The molecule has 0 unspecified atom stereocenters. The van der Waals surface area contributed by atoms with E-state index in [9.17, 15) is 52.8 Å². The number of piperidine rings is 1. The van der Waals surface area contributed by atoms with E-state index >= 15 is 0 Å². The van der Waals surface area contributed by atoms with Crippen LogP contribution in [0.15, 0.2) is 101 Å². The number of hydrogen-bond donors (Lipinski definition) is 4. The van der Waals surface area contributed by atoms with Gasteiger partial charge in [0.25, 0.3) is 11.2 Å². The average molecular weight is 814 g/mol. The summed E-state index contributed by atoms with van der Waals surface area (Å²) in [4.78, 5) is 51.9. The molecule has 4 aromatic rings. The third-order valence-corrected chi connectivity index (χ3v) is 11.4. The van der Waals surface area contributed by atoms with Crippen LogP contribution in [0.4, 0.5) is 13.2 Å². The predicted octanol–water partition coefficient (Wildman–Crippen LogP) is 8.09. The lowest BCUT2D eigenvalue weighted by Crippen LogP contribution is -2.71. The van der Waals surface area contributed by atoms with Crippen LogP contribution in [-0.4, -0.2) is 85.2 Å². The van der Waals surface area contributed by atoms with E-state index in [0.29, 0.717) is 11.1 Å². The van der Waals surface area contributed by atoms with Gasteiger partial charge >= 0.3 is 17.4 Å². The molecule has 4 aromatic carbocycles. The number of fused-ring (bicyclic) bond motifs is 2. The molecular formula is C45H42F3NO8S. The van der Waals surface area contributed by atoms with E-state index < -0.39 is 40.2 Å². The Labute approximate surface area is 337 Å². The summed E-state index contributed by atoms with van der Waals surface area (Å²) in [6.45, 7) is 6.65. The Kier molecular flexibility index (Phi) is 12.3. The number of aryl methyl sites for hydroxylation is 2. The number of carboxylic acid groups (broad SMARTS) is 2. The molecule has 1 saturated heterocycles. The third-order valence-electron chi connectivity index (χ3n) is 10.7. The highest BCUT2D eigenvalue weighted by molar-refractivity contribution is 8.00. The van der Waals surface area contributed by atoms with Crippen molar-refractivity contribution in [1.29, 1.82) is 0 Å². The first kappa shape index (κ1) is 42.3. The summed E-state index contributed by atoms with van der Waals surface area (Å²) in [6, 6.07) is 23.7. The lowest BCUT2D eigenvalue weighted by Gasteiger charge is -2.34. The quantitative estimate of drug-likeness (QED) is 0.0619. The molecule has 2 atom stereocenters. The molecule has 2 aliphatic carbocycles. The van der Waals surface area contributed by atoms with Gasteiger partial charge in [-0.2, -0.15) is 13.2 Å². The van der Waals surface area contributed by atoms with Gasteiger partial charge in [0.2, 0.25) is 11.6 Å². The fourth-order valence-corrected chi connectivity index (χ4v) is 7.83. The molecule has 4 N–H and O–H groups in total. The number of carbonyl (C=O) groups excluding carboxylic acids is 2. The number of aliphatic hydroxyl groups is 2. The van der Waals surface area contributed by atoms with Gasteiger partial charge in [-0.1, -0.05) is 108 Å². The third kappa shape index (κ3) is 8.87. The van der Waals surface area contributed by atoms with Crippen LogP contribution in [0.2, 0.25) is 0 Å². The molecule has 7 rings (SSSR count). The van der Waals surface area contributed by atoms with Crippen LogP contribution in [-0.2, 0) is 9.59 Å². The second-order valence-corrected chi connectivity index (χ2v) is 16.0. The molecule has 1 aliphatic heterocycles. The normalized spacial score (nSPS) is 17.4. The maximum absolute atomic E-state index is 13.0. The fourth-order valence-electron chi connectivity index (χ4n) is 7.25. The number of alkyl halides is 3. The van der Waals surface area contributed by atoms with E-state index in [0.717, 1.165) is 83.9 Å². The molecule has 0 spiro atoms. The number of likely N-dealkylation sites (tertiary alicyclic amines) is 1. The van der Waals surface area contributed by atoms with Crippen LogP contribution >= 0.6 is 11.8 Å². The number of ketones is 2. The molecule has 302 valence electrons. The Morgan fingerprint density at radius 2 is 1.17 bits per heavy atom. The van der Waals surface area contributed by atoms with Crippen molar-refractivity contribution in [3.05, 3.63) is 141 Å². The minimum atomic E-state index is -4.28. The van der Waals surface area contributed by atoms with Crippen molar-refractivity contribution in [2.24, 2.45) is 5.92 Å². The van der Waals surface area contributed by atoms with E-state index in [1.165, 1.54) is 49.2 Å². The molecule has 0 bridgehead atoms. The largest absolute Gasteiger partial charge is 0.479 e. The number of carbonyl (C=O) groups is 4. The zero-order chi connectivity index (χ0) is 42.0. The fraction of sp³-hybridized carbons (Fsp3) is 0.289. The van der Waals surface area contributed by atoms with E-state index in [4.69, 9.17) is 0 Å². The molecule has 2 fully saturated rings. The molecule has 58 heavy (non-hydrogen) atoms. The Morgan fingerprint density at radius 3 is 1.64 bits per heavy atom. The van der Waals surface area contributed by atoms with Crippen molar-refractivity contribution in [2.75, 3.05) is 19.6 Å². The van der Waals surface area contributed by atoms with Gasteiger partial charge in [0.1, 0.15) is 0 Å². The summed E-state index contributed by atoms with van der Waals surface area (Å²) in [5.41, 5.74) is -4.88. The molecule has 0 radical (unpaired) electrons. The smallest absolute Gasteiger partial charge is 0.446 e. The molecule has 1 heterocycles. The van der Waals surface area contributed by atoms with E-state index in [1.54, 1.807) is 26.0 Å². The number of halogens is 3. The first-order chi connectivity index (χ1) is 27.4. The lowest BCUT2D eigenvalue weighted by atomic mass is 9.73. The predicted molar refractivity (Wildman–Crippen MR) is 214 cm³/mol. The second-order valence-electron chi connectivity index (χ2n) is 14.9. The minimum absolute atomic E-state index is 0.0304. The Morgan fingerprint density at radius 1 is 0.690 bits per heavy atom. The van der Waals surface area contributed by atoms with Gasteiger partial charge in [-0.15, -0.1) is 0 Å². The maximum Gasteiger partial charge on any atom is 0.446 e. The summed E-state index contributed by atoms with van der Waals surface area (Å²) in [6.07, 6.45) is 8.79. The van der Waals surface area contributed by atoms with Crippen molar-refractivity contribution in [2.45, 2.75) is 61.1 Å². The first-order valence-corrected chi connectivity index (χ1v) is 19.5. The van der Waals surface area contributed by atoms with Crippen LogP contribution in [0, 0.1) is 19.8 Å². The van der Waals surface area contributed by atoms with Gasteiger partial charge in [-0.05, 0) is 97.2 Å². The Bertz CT molecular complexity index is 2210. The van der Waals surface area contributed by atoms with Crippen molar-refractivity contribution >= 4 is 53.0 Å².